The van der Waals surface area contributed by atoms with Crippen molar-refractivity contribution < 1.29 is 9.21 Å². The Hall–Kier alpha value is -2.42. The van der Waals surface area contributed by atoms with E-state index >= 15 is 0 Å². The second-order valence-corrected chi connectivity index (χ2v) is 6.40. The highest BCUT2D eigenvalue weighted by Gasteiger charge is 2.15. The molecule has 2 aromatic heterocycles. The maximum Gasteiger partial charge on any atom is 0.297 e. The third-order valence-corrected chi connectivity index (χ3v) is 4.62. The summed E-state index contributed by atoms with van der Waals surface area (Å²) in [5.74, 6) is -0.209. The number of nitrogens with zero attached hydrogens (tertiary/aromatic N) is 3. The molecule has 3 aromatic rings. The minimum Gasteiger partial charge on any atom is -0.448 e. The van der Waals surface area contributed by atoms with E-state index in [0.717, 1.165) is 38.1 Å². The predicted octanol–water partition coefficient (Wildman–Crippen LogP) is 0.586. The monoisotopic (exact) mass is 391 g/mol. The molecule has 1 aliphatic rings. The number of hydrogen-bond donors (Lipinski definition) is 2. The van der Waals surface area contributed by atoms with E-state index in [1.165, 1.54) is 10.9 Å². The number of fused-ring (bicyclic) bond motifs is 3. The van der Waals surface area contributed by atoms with Crippen molar-refractivity contribution in [3.8, 4) is 0 Å². The average molecular weight is 392 g/mol. The fraction of sp³-hybridized carbons (Fsp3) is 0.389. The van der Waals surface area contributed by atoms with Gasteiger partial charge in [-0.15, -0.1) is 12.4 Å². The quantitative estimate of drug-likeness (QED) is 0.661. The fourth-order valence-electron chi connectivity index (χ4n) is 3.23. The molecule has 1 fully saturated rings. The van der Waals surface area contributed by atoms with Gasteiger partial charge >= 0.3 is 0 Å². The van der Waals surface area contributed by atoms with Gasteiger partial charge in [0.2, 0.25) is 11.5 Å². The molecule has 0 spiro atoms. The lowest BCUT2D eigenvalue weighted by atomic mass is 10.2. The number of para-hydroxylation sites is 1. The number of nitrogens with one attached hydrogen (secondary N) is 2. The lowest BCUT2D eigenvalue weighted by molar-refractivity contribution is -0.121. The van der Waals surface area contributed by atoms with Crippen molar-refractivity contribution in [3.05, 3.63) is 40.9 Å². The highest BCUT2D eigenvalue weighted by atomic mass is 35.5. The van der Waals surface area contributed by atoms with Gasteiger partial charge < -0.3 is 15.1 Å². The summed E-state index contributed by atoms with van der Waals surface area (Å²) in [6, 6.07) is 7.37. The topological polar surface area (TPSA) is 92.4 Å². The number of amides is 1. The smallest absolute Gasteiger partial charge is 0.297 e. The van der Waals surface area contributed by atoms with Crippen LogP contribution < -0.4 is 16.2 Å². The Morgan fingerprint density at radius 1 is 1.26 bits per heavy atom. The van der Waals surface area contributed by atoms with Crippen LogP contribution >= 0.6 is 12.4 Å². The van der Waals surface area contributed by atoms with Gasteiger partial charge in [-0.1, -0.05) is 12.1 Å². The number of carbonyl (C=O) groups is 1. The van der Waals surface area contributed by atoms with E-state index in [2.05, 4.69) is 20.5 Å². The van der Waals surface area contributed by atoms with Gasteiger partial charge in [-0.05, 0) is 12.1 Å². The van der Waals surface area contributed by atoms with Crippen molar-refractivity contribution in [3.63, 3.8) is 0 Å². The number of halogens is 1. The van der Waals surface area contributed by atoms with Gasteiger partial charge in [0.25, 0.3) is 5.56 Å². The second kappa shape index (κ2) is 8.51. The number of rotatable bonds is 5. The molecular formula is C18H22ClN5O3. The standard InChI is InChI=1S/C18H21N5O3.ClH/c24-15(20-7-10-22-8-5-19-6-9-22)11-23-12-21-16-13-3-1-2-4-14(13)26-17(16)18(23)25;/h1-4,12,19H,5-11H2,(H,20,24);1H. The molecule has 3 heterocycles. The minimum atomic E-state index is -0.344. The molecule has 9 heteroatoms. The molecule has 0 bridgehead atoms. The predicted molar refractivity (Wildman–Crippen MR) is 105 cm³/mol. The Morgan fingerprint density at radius 3 is 2.85 bits per heavy atom. The third kappa shape index (κ3) is 4.13. The van der Waals surface area contributed by atoms with Crippen LogP contribution in [0.4, 0.5) is 0 Å². The minimum absolute atomic E-state index is 0. The van der Waals surface area contributed by atoms with Gasteiger partial charge in [0.15, 0.2) is 0 Å². The van der Waals surface area contributed by atoms with E-state index in [9.17, 15) is 9.59 Å². The lowest BCUT2D eigenvalue weighted by Crippen LogP contribution is -2.46. The summed E-state index contributed by atoms with van der Waals surface area (Å²) in [5, 5.41) is 6.95. The van der Waals surface area contributed by atoms with Gasteiger partial charge in [-0.3, -0.25) is 19.1 Å². The number of aromatic nitrogens is 2. The molecule has 144 valence electrons. The molecule has 0 aliphatic carbocycles. The highest BCUT2D eigenvalue weighted by Crippen LogP contribution is 2.23. The van der Waals surface area contributed by atoms with Crippen molar-refractivity contribution >= 4 is 40.4 Å². The molecule has 8 nitrogen and oxygen atoms in total. The van der Waals surface area contributed by atoms with Crippen molar-refractivity contribution in [1.82, 2.24) is 25.1 Å². The number of piperazine rings is 1. The Labute approximate surface area is 161 Å². The largest absolute Gasteiger partial charge is 0.448 e. The summed E-state index contributed by atoms with van der Waals surface area (Å²) >= 11 is 0. The Kier molecular flexibility index (Phi) is 6.10. The van der Waals surface area contributed by atoms with E-state index in [0.29, 0.717) is 17.6 Å². The molecule has 27 heavy (non-hydrogen) atoms. The highest BCUT2D eigenvalue weighted by molar-refractivity contribution is 6.01. The first kappa shape index (κ1) is 19.3. The van der Waals surface area contributed by atoms with Crippen LogP contribution in [0, 0.1) is 0 Å². The molecule has 0 saturated carbocycles. The first-order chi connectivity index (χ1) is 12.7. The third-order valence-electron chi connectivity index (χ3n) is 4.62. The van der Waals surface area contributed by atoms with Crippen LogP contribution in [0.1, 0.15) is 0 Å². The van der Waals surface area contributed by atoms with Crippen LogP contribution in [0.3, 0.4) is 0 Å². The maximum absolute atomic E-state index is 12.6. The molecule has 1 aliphatic heterocycles. The SMILES string of the molecule is Cl.O=C(Cn1cnc2c(oc3ccccc32)c1=O)NCCN1CCNCC1. The first-order valence-corrected chi connectivity index (χ1v) is 8.79. The van der Waals surface area contributed by atoms with E-state index < -0.39 is 0 Å². The van der Waals surface area contributed by atoms with Crippen molar-refractivity contribution in [2.45, 2.75) is 6.54 Å². The van der Waals surface area contributed by atoms with Gasteiger partial charge in [0.1, 0.15) is 17.6 Å². The number of hydrogen-bond acceptors (Lipinski definition) is 6. The van der Waals surface area contributed by atoms with Gasteiger partial charge in [0, 0.05) is 44.7 Å². The first-order valence-electron chi connectivity index (χ1n) is 8.79. The summed E-state index contributed by atoms with van der Waals surface area (Å²) in [6.45, 7) is 5.24. The molecular weight excluding hydrogens is 370 g/mol. The average Bonchev–Trinajstić information content (AvgIpc) is 3.04. The van der Waals surface area contributed by atoms with Crippen LogP contribution in [0.5, 0.6) is 0 Å². The molecule has 1 saturated heterocycles. The zero-order chi connectivity index (χ0) is 17.9. The fourth-order valence-corrected chi connectivity index (χ4v) is 3.23. The van der Waals surface area contributed by atoms with Crippen molar-refractivity contribution in [1.29, 1.82) is 0 Å². The summed E-state index contributed by atoms with van der Waals surface area (Å²) in [7, 11) is 0. The zero-order valence-corrected chi connectivity index (χ0v) is 15.6. The summed E-state index contributed by atoms with van der Waals surface area (Å²) < 4.78 is 6.91. The Bertz CT molecular complexity index is 993. The second-order valence-electron chi connectivity index (χ2n) is 6.40. The van der Waals surface area contributed by atoms with Crippen LogP contribution in [0.2, 0.25) is 0 Å². The number of carbonyl (C=O) groups excluding carboxylic acids is 1. The maximum atomic E-state index is 12.6. The van der Waals surface area contributed by atoms with Gasteiger partial charge in [-0.2, -0.15) is 0 Å². The number of benzene rings is 1. The van der Waals surface area contributed by atoms with Gasteiger partial charge in [-0.25, -0.2) is 4.98 Å². The van der Waals surface area contributed by atoms with Crippen LogP contribution in [0.25, 0.3) is 22.1 Å². The van der Waals surface area contributed by atoms with Crippen LogP contribution in [0.15, 0.2) is 39.8 Å². The number of furan rings is 1. The summed E-state index contributed by atoms with van der Waals surface area (Å²) in [6.07, 6.45) is 1.41. The van der Waals surface area contributed by atoms with Gasteiger partial charge in [0.05, 0.1) is 6.33 Å². The Morgan fingerprint density at radius 2 is 2.04 bits per heavy atom. The Balaban J connectivity index is 0.00000210. The van der Waals surface area contributed by atoms with Crippen molar-refractivity contribution in [2.24, 2.45) is 0 Å². The summed E-state index contributed by atoms with van der Waals surface area (Å²) in [5.41, 5.74) is 0.983. The summed E-state index contributed by atoms with van der Waals surface area (Å²) in [4.78, 5) is 31.4. The van der Waals surface area contributed by atoms with Crippen molar-refractivity contribution in [2.75, 3.05) is 39.3 Å². The van der Waals surface area contributed by atoms with E-state index in [1.807, 2.05) is 18.2 Å². The van der Waals surface area contributed by atoms with Crippen LogP contribution in [-0.2, 0) is 11.3 Å². The van der Waals surface area contributed by atoms with E-state index in [4.69, 9.17) is 4.42 Å². The normalized spacial score (nSPS) is 15.0. The lowest BCUT2D eigenvalue weighted by Gasteiger charge is -2.27. The molecule has 0 unspecified atom stereocenters. The molecule has 1 aromatic carbocycles. The molecule has 0 atom stereocenters. The molecule has 1 amide bonds. The zero-order valence-electron chi connectivity index (χ0n) is 14.8. The molecule has 4 rings (SSSR count). The van der Waals surface area contributed by atoms with E-state index in [-0.39, 0.29) is 36.0 Å². The van der Waals surface area contributed by atoms with Crippen LogP contribution in [-0.4, -0.2) is 59.6 Å². The van der Waals surface area contributed by atoms with E-state index in [1.54, 1.807) is 6.07 Å². The molecule has 2 N–H and O–H groups in total. The molecule has 0 radical (unpaired) electrons.